The molecule has 2 aromatic rings. The summed E-state index contributed by atoms with van der Waals surface area (Å²) in [6, 6.07) is 0.118. The first-order chi connectivity index (χ1) is 9.65. The largest absolute Gasteiger partial charge is 0.467 e. The topological polar surface area (TPSA) is 103 Å². The van der Waals surface area contributed by atoms with Gasteiger partial charge in [-0.1, -0.05) is 0 Å². The molecule has 1 aliphatic heterocycles. The van der Waals surface area contributed by atoms with E-state index < -0.39 is 31.2 Å². The molecule has 0 radical (unpaired) electrons. The van der Waals surface area contributed by atoms with Gasteiger partial charge in [-0.25, -0.2) is 14.4 Å². The normalized spacial score (nSPS) is 30.0. The molecule has 8 nitrogen and oxygen atoms in total. The Labute approximate surface area is 112 Å². The van der Waals surface area contributed by atoms with Crippen LogP contribution in [-0.4, -0.2) is 61.8 Å². The zero-order chi connectivity index (χ0) is 14.3. The average Bonchev–Trinajstić information content (AvgIpc) is 3.01. The van der Waals surface area contributed by atoms with Gasteiger partial charge in [0.05, 0.1) is 26.2 Å². The molecule has 1 saturated heterocycles. The summed E-state index contributed by atoms with van der Waals surface area (Å²) in [5, 5.41) is 18.7. The third-order valence-corrected chi connectivity index (χ3v) is 3.22. The zero-order valence-electron chi connectivity index (χ0n) is 10.5. The third kappa shape index (κ3) is 1.90. The van der Waals surface area contributed by atoms with E-state index in [1.165, 1.54) is 24.2 Å². The van der Waals surface area contributed by atoms with E-state index in [0.717, 1.165) is 0 Å². The number of nitrogens with zero attached hydrogens (tertiary/aromatic N) is 4. The molecule has 0 bridgehead atoms. The molecule has 3 heterocycles. The fourth-order valence-electron chi connectivity index (χ4n) is 2.17. The van der Waals surface area contributed by atoms with Crippen molar-refractivity contribution in [2.45, 2.75) is 24.6 Å². The highest BCUT2D eigenvalue weighted by atomic mass is 19.1. The minimum Gasteiger partial charge on any atom is -0.467 e. The van der Waals surface area contributed by atoms with Gasteiger partial charge in [-0.3, -0.25) is 4.57 Å². The second kappa shape index (κ2) is 4.93. The number of alkyl halides is 1. The van der Waals surface area contributed by atoms with E-state index >= 15 is 0 Å². The lowest BCUT2D eigenvalue weighted by Crippen LogP contribution is -2.30. The predicted molar refractivity (Wildman–Crippen MR) is 63.8 cm³/mol. The van der Waals surface area contributed by atoms with E-state index in [1.54, 1.807) is 0 Å². The molecule has 0 saturated carbocycles. The minimum atomic E-state index is -1.69. The molecule has 0 amide bonds. The lowest BCUT2D eigenvalue weighted by atomic mass is 10.1. The van der Waals surface area contributed by atoms with Gasteiger partial charge in [0.15, 0.2) is 18.0 Å². The van der Waals surface area contributed by atoms with Crippen molar-refractivity contribution in [2.24, 2.45) is 0 Å². The molecule has 9 heteroatoms. The smallest absolute Gasteiger partial charge is 0.318 e. The van der Waals surface area contributed by atoms with Crippen LogP contribution < -0.4 is 4.74 Å². The molecule has 2 N–H and O–H groups in total. The van der Waals surface area contributed by atoms with Crippen molar-refractivity contribution in [3.05, 3.63) is 12.5 Å². The van der Waals surface area contributed by atoms with E-state index in [4.69, 9.17) is 14.6 Å². The highest BCUT2D eigenvalue weighted by Crippen LogP contribution is 2.33. The third-order valence-electron chi connectivity index (χ3n) is 3.22. The van der Waals surface area contributed by atoms with Crippen LogP contribution in [0.15, 0.2) is 12.5 Å². The Balaban J connectivity index is 2.02. The molecule has 1 aliphatic rings. The number of aliphatic hydroxyl groups is 2. The Morgan fingerprint density at radius 2 is 2.30 bits per heavy atom. The summed E-state index contributed by atoms with van der Waals surface area (Å²) >= 11 is 0. The molecular formula is C11H13FN4O4. The monoisotopic (exact) mass is 284 g/mol. The Bertz CT molecular complexity index is 621. The van der Waals surface area contributed by atoms with Gasteiger partial charge < -0.3 is 19.7 Å². The van der Waals surface area contributed by atoms with Crippen LogP contribution in [0.25, 0.3) is 11.2 Å². The number of aliphatic hydroxyl groups excluding tert-OH is 2. The molecule has 4 unspecified atom stereocenters. The first-order valence-corrected chi connectivity index (χ1v) is 5.97. The number of hydrogen-bond donors (Lipinski definition) is 2. The van der Waals surface area contributed by atoms with E-state index in [9.17, 15) is 9.50 Å². The van der Waals surface area contributed by atoms with Gasteiger partial charge >= 0.3 is 6.01 Å². The van der Waals surface area contributed by atoms with Crippen LogP contribution in [0.3, 0.4) is 0 Å². The number of ether oxygens (including phenoxy) is 2. The summed E-state index contributed by atoms with van der Waals surface area (Å²) in [5.74, 6) is 0. The minimum absolute atomic E-state index is 0.118. The van der Waals surface area contributed by atoms with Crippen molar-refractivity contribution in [3.8, 4) is 6.01 Å². The van der Waals surface area contributed by atoms with Crippen molar-refractivity contribution in [1.29, 1.82) is 0 Å². The van der Waals surface area contributed by atoms with Crippen LogP contribution in [0.2, 0.25) is 0 Å². The van der Waals surface area contributed by atoms with Gasteiger partial charge in [0.1, 0.15) is 17.7 Å². The fourth-order valence-corrected chi connectivity index (χ4v) is 2.17. The van der Waals surface area contributed by atoms with E-state index in [2.05, 4.69) is 15.0 Å². The van der Waals surface area contributed by atoms with Crippen molar-refractivity contribution < 1.29 is 24.1 Å². The number of halogens is 1. The maximum absolute atomic E-state index is 14.1. The summed E-state index contributed by atoms with van der Waals surface area (Å²) in [4.78, 5) is 12.0. The van der Waals surface area contributed by atoms with Crippen molar-refractivity contribution in [2.75, 3.05) is 13.7 Å². The standard InChI is InChI=1S/C11H13FN4O4/c1-19-11-13-2-5-9(15-11)16(4-14-5)10-7(12)8(18)6(3-17)20-10/h2,4,6-8,10,17-18H,3H2,1H3. The van der Waals surface area contributed by atoms with Gasteiger partial charge in [0, 0.05) is 0 Å². The molecule has 0 aliphatic carbocycles. The van der Waals surface area contributed by atoms with Crippen LogP contribution in [0, 0.1) is 0 Å². The molecule has 2 aromatic heterocycles. The molecule has 0 spiro atoms. The Hall–Kier alpha value is -1.84. The summed E-state index contributed by atoms with van der Waals surface area (Å²) in [7, 11) is 1.41. The Morgan fingerprint density at radius 3 is 2.95 bits per heavy atom. The fraction of sp³-hybridized carbons (Fsp3) is 0.545. The van der Waals surface area contributed by atoms with Gasteiger partial charge in [0.2, 0.25) is 0 Å². The number of imidazole rings is 1. The molecule has 4 atom stereocenters. The van der Waals surface area contributed by atoms with Crippen molar-refractivity contribution in [1.82, 2.24) is 19.5 Å². The van der Waals surface area contributed by atoms with Gasteiger partial charge in [-0.05, 0) is 0 Å². The molecule has 108 valence electrons. The first kappa shape index (κ1) is 13.2. The predicted octanol–water partition coefficient (Wildman–Crippen LogP) is -0.576. The second-order valence-electron chi connectivity index (χ2n) is 4.40. The second-order valence-corrected chi connectivity index (χ2v) is 4.40. The summed E-state index contributed by atoms with van der Waals surface area (Å²) in [5.41, 5.74) is 0.777. The first-order valence-electron chi connectivity index (χ1n) is 5.97. The summed E-state index contributed by atoms with van der Waals surface area (Å²) in [6.07, 6.45) is -2.37. The van der Waals surface area contributed by atoms with E-state index in [1.807, 2.05) is 0 Å². The maximum Gasteiger partial charge on any atom is 0.318 e. The van der Waals surface area contributed by atoms with Crippen LogP contribution >= 0.6 is 0 Å². The number of fused-ring (bicyclic) bond motifs is 1. The van der Waals surface area contributed by atoms with Crippen LogP contribution in [-0.2, 0) is 4.74 Å². The van der Waals surface area contributed by atoms with Gasteiger partial charge in [-0.15, -0.1) is 0 Å². The lowest BCUT2D eigenvalue weighted by molar-refractivity contribution is -0.0459. The van der Waals surface area contributed by atoms with Gasteiger partial charge in [-0.2, -0.15) is 4.98 Å². The highest BCUT2D eigenvalue weighted by molar-refractivity contribution is 5.69. The lowest BCUT2D eigenvalue weighted by Gasteiger charge is -2.14. The molecule has 1 fully saturated rings. The average molecular weight is 284 g/mol. The number of hydrogen-bond acceptors (Lipinski definition) is 7. The van der Waals surface area contributed by atoms with Gasteiger partial charge in [0.25, 0.3) is 0 Å². The molecule has 0 aromatic carbocycles. The van der Waals surface area contributed by atoms with Crippen LogP contribution in [0.1, 0.15) is 6.23 Å². The Kier molecular flexibility index (Phi) is 3.24. The molecule has 20 heavy (non-hydrogen) atoms. The molecule has 3 rings (SSSR count). The van der Waals surface area contributed by atoms with Crippen LogP contribution in [0.5, 0.6) is 6.01 Å². The quantitative estimate of drug-likeness (QED) is 0.777. The summed E-state index contributed by atoms with van der Waals surface area (Å²) in [6.45, 7) is -0.469. The zero-order valence-corrected chi connectivity index (χ0v) is 10.5. The summed E-state index contributed by atoms with van der Waals surface area (Å²) < 4.78 is 25.7. The van der Waals surface area contributed by atoms with Crippen molar-refractivity contribution >= 4 is 11.2 Å². The van der Waals surface area contributed by atoms with Crippen LogP contribution in [0.4, 0.5) is 4.39 Å². The highest BCUT2D eigenvalue weighted by Gasteiger charge is 2.45. The Morgan fingerprint density at radius 1 is 1.50 bits per heavy atom. The number of methoxy groups -OCH3 is 1. The van der Waals surface area contributed by atoms with Crippen molar-refractivity contribution in [3.63, 3.8) is 0 Å². The van der Waals surface area contributed by atoms with E-state index in [-0.39, 0.29) is 6.01 Å². The molecular weight excluding hydrogens is 271 g/mol. The van der Waals surface area contributed by atoms with E-state index in [0.29, 0.717) is 11.2 Å². The SMILES string of the molecule is COc1ncc2ncn(C3OC(CO)C(O)C3F)c2n1. The number of aromatic nitrogens is 4. The number of rotatable bonds is 3. The maximum atomic E-state index is 14.1.